The summed E-state index contributed by atoms with van der Waals surface area (Å²) in [7, 11) is -3.07. The van der Waals surface area contributed by atoms with Gasteiger partial charge < -0.3 is 5.32 Å². The van der Waals surface area contributed by atoms with E-state index in [2.05, 4.69) is 19.2 Å². The molecule has 1 atom stereocenters. The lowest BCUT2D eigenvalue weighted by Crippen LogP contribution is -2.27. The minimum absolute atomic E-state index is 0.382. The molecular formula is C12H19NO2S. The third-order valence-corrected chi connectivity index (χ3v) is 3.57. The summed E-state index contributed by atoms with van der Waals surface area (Å²) in [5.41, 5.74) is 1.15. The van der Waals surface area contributed by atoms with Crippen LogP contribution in [0.15, 0.2) is 29.2 Å². The highest BCUT2D eigenvalue weighted by molar-refractivity contribution is 7.90. The molecule has 1 aromatic carbocycles. The molecule has 16 heavy (non-hydrogen) atoms. The molecule has 0 aliphatic rings. The fraction of sp³-hybridized carbons (Fsp3) is 0.500. The van der Waals surface area contributed by atoms with Gasteiger partial charge in [-0.15, -0.1) is 0 Å². The minimum Gasteiger partial charge on any atom is -0.314 e. The van der Waals surface area contributed by atoms with E-state index < -0.39 is 9.84 Å². The van der Waals surface area contributed by atoms with Crippen molar-refractivity contribution in [1.82, 2.24) is 5.32 Å². The van der Waals surface area contributed by atoms with Crippen molar-refractivity contribution >= 4 is 9.84 Å². The topological polar surface area (TPSA) is 46.2 Å². The number of likely N-dealkylation sites (N-methyl/N-ethyl adjacent to an activating group) is 1. The summed E-state index contributed by atoms with van der Waals surface area (Å²) in [6, 6.07) is 7.51. The van der Waals surface area contributed by atoms with Crippen LogP contribution in [0.5, 0.6) is 0 Å². The maximum atomic E-state index is 11.3. The predicted molar refractivity (Wildman–Crippen MR) is 66.4 cm³/mol. The lowest BCUT2D eigenvalue weighted by molar-refractivity contribution is 0.565. The second-order valence-electron chi connectivity index (χ2n) is 4.08. The van der Waals surface area contributed by atoms with Crippen LogP contribution in [0, 0.1) is 0 Å². The Bertz CT molecular complexity index is 423. The number of sulfone groups is 1. The summed E-state index contributed by atoms with van der Waals surface area (Å²) in [5.74, 6) is 0. The summed E-state index contributed by atoms with van der Waals surface area (Å²) >= 11 is 0. The highest BCUT2D eigenvalue weighted by Gasteiger charge is 2.07. The molecule has 1 rings (SSSR count). The Balaban J connectivity index is 2.72. The van der Waals surface area contributed by atoms with Gasteiger partial charge in [-0.05, 0) is 37.6 Å². The van der Waals surface area contributed by atoms with Gasteiger partial charge in [0.1, 0.15) is 0 Å². The lowest BCUT2D eigenvalue weighted by atomic mass is 10.1. The first-order valence-corrected chi connectivity index (χ1v) is 7.35. The molecule has 0 spiro atoms. The zero-order valence-corrected chi connectivity index (χ0v) is 10.8. The lowest BCUT2D eigenvalue weighted by Gasteiger charge is -2.12. The summed E-state index contributed by atoms with van der Waals surface area (Å²) < 4.78 is 22.5. The minimum atomic E-state index is -3.07. The summed E-state index contributed by atoms with van der Waals surface area (Å²) in [6.07, 6.45) is 2.14. The fourth-order valence-electron chi connectivity index (χ4n) is 1.65. The second kappa shape index (κ2) is 5.46. The van der Waals surface area contributed by atoms with Crippen LogP contribution in [-0.2, 0) is 16.3 Å². The van der Waals surface area contributed by atoms with Crippen molar-refractivity contribution in [3.63, 3.8) is 0 Å². The Morgan fingerprint density at radius 2 is 1.81 bits per heavy atom. The predicted octanol–water partition coefficient (Wildman–Crippen LogP) is 1.63. The third kappa shape index (κ3) is 3.94. The Morgan fingerprint density at radius 3 is 2.25 bits per heavy atom. The van der Waals surface area contributed by atoms with Gasteiger partial charge in [0.15, 0.2) is 9.84 Å². The molecule has 1 unspecified atom stereocenters. The van der Waals surface area contributed by atoms with E-state index in [0.29, 0.717) is 10.9 Å². The molecule has 0 radical (unpaired) electrons. The van der Waals surface area contributed by atoms with Gasteiger partial charge in [-0.3, -0.25) is 0 Å². The molecule has 0 amide bonds. The van der Waals surface area contributed by atoms with Gasteiger partial charge in [0.05, 0.1) is 4.90 Å². The van der Waals surface area contributed by atoms with E-state index in [1.54, 1.807) is 12.1 Å². The van der Waals surface area contributed by atoms with Crippen LogP contribution in [-0.4, -0.2) is 27.3 Å². The van der Waals surface area contributed by atoms with Gasteiger partial charge in [-0.1, -0.05) is 19.1 Å². The molecule has 0 saturated carbocycles. The zero-order chi connectivity index (χ0) is 12.2. The Labute approximate surface area is 97.8 Å². The van der Waals surface area contributed by atoms with Crippen molar-refractivity contribution in [2.24, 2.45) is 0 Å². The molecule has 0 bridgehead atoms. The van der Waals surface area contributed by atoms with E-state index in [9.17, 15) is 8.42 Å². The molecule has 0 heterocycles. The third-order valence-electron chi connectivity index (χ3n) is 2.45. The summed E-state index contributed by atoms with van der Waals surface area (Å²) in [4.78, 5) is 0.382. The first-order valence-electron chi connectivity index (χ1n) is 5.46. The zero-order valence-electron chi connectivity index (χ0n) is 10.0. The molecule has 0 aromatic heterocycles. The average molecular weight is 241 g/mol. The van der Waals surface area contributed by atoms with Gasteiger partial charge in [0.2, 0.25) is 0 Å². The molecule has 1 N–H and O–H groups in total. The molecule has 0 aliphatic heterocycles. The van der Waals surface area contributed by atoms with E-state index >= 15 is 0 Å². The van der Waals surface area contributed by atoms with Crippen molar-refractivity contribution < 1.29 is 8.42 Å². The second-order valence-corrected chi connectivity index (χ2v) is 6.09. The van der Waals surface area contributed by atoms with E-state index in [0.717, 1.165) is 18.5 Å². The maximum Gasteiger partial charge on any atom is 0.175 e. The molecule has 1 aromatic rings. The van der Waals surface area contributed by atoms with Crippen LogP contribution < -0.4 is 5.32 Å². The van der Waals surface area contributed by atoms with Crippen LogP contribution in [0.25, 0.3) is 0 Å². The maximum absolute atomic E-state index is 11.3. The van der Waals surface area contributed by atoms with Crippen molar-refractivity contribution in [3.05, 3.63) is 29.8 Å². The van der Waals surface area contributed by atoms with E-state index in [1.165, 1.54) is 6.26 Å². The van der Waals surface area contributed by atoms with E-state index in [-0.39, 0.29) is 0 Å². The van der Waals surface area contributed by atoms with Gasteiger partial charge in [0, 0.05) is 12.3 Å². The largest absolute Gasteiger partial charge is 0.314 e. The monoisotopic (exact) mass is 241 g/mol. The normalized spacial score (nSPS) is 13.7. The number of hydrogen-bond acceptors (Lipinski definition) is 3. The number of nitrogens with one attached hydrogen (secondary N) is 1. The van der Waals surface area contributed by atoms with E-state index in [1.807, 2.05) is 12.1 Å². The number of hydrogen-bond donors (Lipinski definition) is 1. The van der Waals surface area contributed by atoms with Gasteiger partial charge >= 0.3 is 0 Å². The number of rotatable bonds is 5. The quantitative estimate of drug-likeness (QED) is 0.852. The van der Waals surface area contributed by atoms with Crippen LogP contribution in [0.1, 0.15) is 19.4 Å². The van der Waals surface area contributed by atoms with Crippen LogP contribution >= 0.6 is 0 Å². The molecule has 4 heteroatoms. The van der Waals surface area contributed by atoms with Crippen molar-refractivity contribution in [1.29, 1.82) is 0 Å². The average Bonchev–Trinajstić information content (AvgIpc) is 2.17. The fourth-order valence-corrected chi connectivity index (χ4v) is 2.28. The van der Waals surface area contributed by atoms with Crippen LogP contribution in [0.2, 0.25) is 0 Å². The Morgan fingerprint density at radius 1 is 1.25 bits per heavy atom. The first kappa shape index (κ1) is 13.2. The summed E-state index contributed by atoms with van der Waals surface area (Å²) in [6.45, 7) is 5.14. The number of benzene rings is 1. The Kier molecular flexibility index (Phi) is 4.50. The molecule has 0 saturated heterocycles. The molecule has 0 fully saturated rings. The summed E-state index contributed by atoms with van der Waals surface area (Å²) in [5, 5.41) is 3.32. The highest BCUT2D eigenvalue weighted by Crippen LogP contribution is 2.11. The van der Waals surface area contributed by atoms with Crippen LogP contribution in [0.4, 0.5) is 0 Å². The first-order chi connectivity index (χ1) is 7.43. The van der Waals surface area contributed by atoms with Crippen molar-refractivity contribution in [3.8, 4) is 0 Å². The van der Waals surface area contributed by atoms with Crippen molar-refractivity contribution in [2.75, 3.05) is 12.8 Å². The SMILES string of the molecule is CCNC(C)Cc1ccc(S(C)(=O)=O)cc1. The molecule has 0 aliphatic carbocycles. The van der Waals surface area contributed by atoms with E-state index in [4.69, 9.17) is 0 Å². The van der Waals surface area contributed by atoms with Gasteiger partial charge in [-0.25, -0.2) is 8.42 Å². The van der Waals surface area contributed by atoms with Gasteiger partial charge in [-0.2, -0.15) is 0 Å². The van der Waals surface area contributed by atoms with Crippen molar-refractivity contribution in [2.45, 2.75) is 31.2 Å². The molecule has 3 nitrogen and oxygen atoms in total. The highest BCUT2D eigenvalue weighted by atomic mass is 32.2. The molecule has 90 valence electrons. The Hall–Kier alpha value is -0.870. The molecular weight excluding hydrogens is 222 g/mol. The van der Waals surface area contributed by atoms with Gasteiger partial charge in [0.25, 0.3) is 0 Å². The van der Waals surface area contributed by atoms with Crippen LogP contribution in [0.3, 0.4) is 0 Å². The standard InChI is InChI=1S/C12H19NO2S/c1-4-13-10(2)9-11-5-7-12(8-6-11)16(3,14)15/h5-8,10,13H,4,9H2,1-3H3. The smallest absolute Gasteiger partial charge is 0.175 e.